The van der Waals surface area contributed by atoms with Crippen LogP contribution in [0.3, 0.4) is 0 Å². The number of H-pyrrole nitrogens is 2. The second kappa shape index (κ2) is 12.7. The minimum Gasteiger partial charge on any atom is -0.357 e. The Bertz CT molecular complexity index is 1600. The second-order valence-electron chi connectivity index (χ2n) is 9.87. The molecule has 204 valence electrons. The van der Waals surface area contributed by atoms with E-state index in [9.17, 15) is 0 Å². The number of pyridine rings is 3. The molecule has 6 rings (SSSR count). The smallest absolute Gasteiger partial charge is 0.181 e. The predicted octanol–water partition coefficient (Wildman–Crippen LogP) is 7.35. The van der Waals surface area contributed by atoms with E-state index in [-0.39, 0.29) is 0 Å². The average molecular weight is 532 g/mol. The average Bonchev–Trinajstić information content (AvgIpc) is 3.61. The molecular formula is C33H37N7. The zero-order valence-corrected chi connectivity index (χ0v) is 23.6. The fraction of sp³-hybridized carbons (Fsp3) is 0.273. The van der Waals surface area contributed by atoms with E-state index < -0.39 is 0 Å². The van der Waals surface area contributed by atoms with Gasteiger partial charge in [0, 0.05) is 64.7 Å². The minimum atomic E-state index is 0.682. The van der Waals surface area contributed by atoms with Crippen molar-refractivity contribution in [3.8, 4) is 22.5 Å². The fourth-order valence-electron chi connectivity index (χ4n) is 5.30. The first-order chi connectivity index (χ1) is 19.7. The molecule has 7 nitrogen and oxygen atoms in total. The van der Waals surface area contributed by atoms with Crippen molar-refractivity contribution >= 4 is 16.6 Å². The maximum Gasteiger partial charge on any atom is 0.181 e. The lowest BCUT2D eigenvalue weighted by molar-refractivity contribution is 0.220. The van der Waals surface area contributed by atoms with E-state index in [2.05, 4.69) is 66.7 Å². The number of hydrogen-bond donors (Lipinski definition) is 2. The maximum absolute atomic E-state index is 4.66. The lowest BCUT2D eigenvalue weighted by Gasteiger charge is -2.26. The number of nitrogens with zero attached hydrogens (tertiary/aromatic N) is 5. The summed E-state index contributed by atoms with van der Waals surface area (Å²) in [7, 11) is 0. The van der Waals surface area contributed by atoms with Crippen LogP contribution in [0, 0.1) is 6.92 Å². The standard InChI is InChI=1S/C31H31N7.C2H6/c1-3-9-25(28-10-5-6-11-33-28)26-16-29(35-21(26)2)30-27-15-24(19-34-31(27)37-36-30)23-14-22(17-32-18-23)20-38-12-7-4-8-13-38;1-2/h3,5-6,9-11,14-19,35H,1,4,7-8,12-13,20H2,2H3,(H,34,36,37);1-2H3/b25-9+;. The van der Waals surface area contributed by atoms with Crippen LogP contribution in [0.15, 0.2) is 79.9 Å². The quantitative estimate of drug-likeness (QED) is 0.214. The zero-order valence-electron chi connectivity index (χ0n) is 23.6. The van der Waals surface area contributed by atoms with E-state index in [1.807, 2.05) is 56.7 Å². The van der Waals surface area contributed by atoms with Gasteiger partial charge in [-0.1, -0.05) is 45.1 Å². The summed E-state index contributed by atoms with van der Waals surface area (Å²) < 4.78 is 0. The summed E-state index contributed by atoms with van der Waals surface area (Å²) in [5, 5.41) is 8.65. The van der Waals surface area contributed by atoms with Gasteiger partial charge in [-0.25, -0.2) is 4.98 Å². The lowest BCUT2D eigenvalue weighted by atomic mass is 10.0. The van der Waals surface area contributed by atoms with Gasteiger partial charge in [-0.2, -0.15) is 5.10 Å². The lowest BCUT2D eigenvalue weighted by Crippen LogP contribution is -2.29. The summed E-state index contributed by atoms with van der Waals surface area (Å²) in [6, 6.07) is 12.5. The number of aromatic nitrogens is 6. The van der Waals surface area contributed by atoms with Gasteiger partial charge in [0.05, 0.1) is 17.1 Å². The number of nitrogens with one attached hydrogen (secondary N) is 2. The van der Waals surface area contributed by atoms with Crippen molar-refractivity contribution in [1.82, 2.24) is 35.0 Å². The monoisotopic (exact) mass is 531 g/mol. The molecule has 6 heterocycles. The van der Waals surface area contributed by atoms with Gasteiger partial charge in [-0.05, 0) is 68.8 Å². The first-order valence-electron chi connectivity index (χ1n) is 14.1. The topological polar surface area (TPSA) is 86.4 Å². The van der Waals surface area contributed by atoms with Gasteiger partial charge in [0.2, 0.25) is 0 Å². The predicted molar refractivity (Wildman–Crippen MR) is 164 cm³/mol. The van der Waals surface area contributed by atoms with Gasteiger partial charge in [-0.3, -0.25) is 20.0 Å². The highest BCUT2D eigenvalue weighted by molar-refractivity contribution is 5.94. The maximum atomic E-state index is 4.66. The Hall–Kier alpha value is -4.36. The van der Waals surface area contributed by atoms with Gasteiger partial charge < -0.3 is 4.98 Å². The molecule has 5 aromatic rings. The van der Waals surface area contributed by atoms with E-state index in [4.69, 9.17) is 0 Å². The highest BCUT2D eigenvalue weighted by atomic mass is 15.2. The van der Waals surface area contributed by atoms with E-state index in [1.165, 1.54) is 24.8 Å². The molecule has 40 heavy (non-hydrogen) atoms. The number of piperidine rings is 1. The number of hydrogen-bond acceptors (Lipinski definition) is 5. The van der Waals surface area contributed by atoms with E-state index in [1.54, 1.807) is 12.3 Å². The van der Waals surface area contributed by atoms with Crippen LogP contribution in [-0.4, -0.2) is 48.1 Å². The highest BCUT2D eigenvalue weighted by Crippen LogP contribution is 2.33. The van der Waals surface area contributed by atoms with Crippen molar-refractivity contribution in [2.75, 3.05) is 13.1 Å². The Labute approximate surface area is 236 Å². The number of rotatable bonds is 7. The second-order valence-corrected chi connectivity index (χ2v) is 9.87. The van der Waals surface area contributed by atoms with E-state index in [0.29, 0.717) is 5.65 Å². The molecule has 0 bridgehead atoms. The van der Waals surface area contributed by atoms with Gasteiger partial charge in [0.15, 0.2) is 5.65 Å². The summed E-state index contributed by atoms with van der Waals surface area (Å²) in [6.45, 7) is 13.2. The molecule has 0 saturated carbocycles. The minimum absolute atomic E-state index is 0.682. The number of allylic oxidation sites excluding steroid dienone is 2. The Kier molecular flexibility index (Phi) is 8.62. The van der Waals surface area contributed by atoms with Crippen LogP contribution in [0.4, 0.5) is 0 Å². The highest BCUT2D eigenvalue weighted by Gasteiger charge is 2.17. The number of fused-ring (bicyclic) bond motifs is 1. The normalized spacial score (nSPS) is 14.1. The first kappa shape index (κ1) is 27.2. The molecule has 1 fully saturated rings. The molecule has 7 heteroatoms. The molecule has 1 aliphatic rings. The molecule has 1 saturated heterocycles. The molecule has 0 aromatic carbocycles. The molecule has 0 unspecified atom stereocenters. The molecule has 0 amide bonds. The third kappa shape index (κ3) is 5.80. The van der Waals surface area contributed by atoms with Crippen molar-refractivity contribution in [1.29, 1.82) is 0 Å². The molecular weight excluding hydrogens is 494 g/mol. The number of aromatic amines is 2. The van der Waals surface area contributed by atoms with Crippen molar-refractivity contribution in [2.24, 2.45) is 0 Å². The zero-order chi connectivity index (χ0) is 27.9. The van der Waals surface area contributed by atoms with Gasteiger partial charge in [0.25, 0.3) is 0 Å². The molecule has 2 N–H and O–H groups in total. The van der Waals surface area contributed by atoms with Crippen LogP contribution < -0.4 is 0 Å². The fourth-order valence-corrected chi connectivity index (χ4v) is 5.30. The third-order valence-corrected chi connectivity index (χ3v) is 7.19. The van der Waals surface area contributed by atoms with Gasteiger partial charge in [-0.15, -0.1) is 0 Å². The van der Waals surface area contributed by atoms with Crippen molar-refractivity contribution < 1.29 is 0 Å². The van der Waals surface area contributed by atoms with Crippen LogP contribution >= 0.6 is 0 Å². The summed E-state index contributed by atoms with van der Waals surface area (Å²) in [6.07, 6.45) is 15.3. The Morgan fingerprint density at radius 3 is 2.60 bits per heavy atom. The molecule has 0 radical (unpaired) electrons. The van der Waals surface area contributed by atoms with Crippen LogP contribution in [0.2, 0.25) is 0 Å². The van der Waals surface area contributed by atoms with Gasteiger partial charge in [0.1, 0.15) is 0 Å². The Morgan fingerprint density at radius 1 is 1.00 bits per heavy atom. The van der Waals surface area contributed by atoms with E-state index >= 15 is 0 Å². The van der Waals surface area contributed by atoms with Crippen molar-refractivity contribution in [3.63, 3.8) is 0 Å². The largest absolute Gasteiger partial charge is 0.357 e. The van der Waals surface area contributed by atoms with Crippen molar-refractivity contribution in [2.45, 2.75) is 46.6 Å². The van der Waals surface area contributed by atoms with Crippen LogP contribution in [0.25, 0.3) is 39.1 Å². The molecule has 5 aromatic heterocycles. The summed E-state index contributed by atoms with van der Waals surface area (Å²) in [5.74, 6) is 0. The first-order valence-corrected chi connectivity index (χ1v) is 14.1. The van der Waals surface area contributed by atoms with Gasteiger partial charge >= 0.3 is 0 Å². The number of likely N-dealkylation sites (tertiary alicyclic amines) is 1. The Balaban J connectivity index is 0.00000158. The van der Waals surface area contributed by atoms with Crippen LogP contribution in [0.5, 0.6) is 0 Å². The summed E-state index contributed by atoms with van der Waals surface area (Å²) in [4.78, 5) is 19.8. The van der Waals surface area contributed by atoms with Crippen LogP contribution in [-0.2, 0) is 6.54 Å². The third-order valence-electron chi connectivity index (χ3n) is 7.19. The van der Waals surface area contributed by atoms with Crippen LogP contribution in [0.1, 0.15) is 55.6 Å². The molecule has 1 aliphatic heterocycles. The van der Waals surface area contributed by atoms with E-state index in [0.717, 1.165) is 70.1 Å². The molecule has 0 atom stereocenters. The summed E-state index contributed by atoms with van der Waals surface area (Å²) in [5.41, 5.74) is 9.88. The SMILES string of the molecule is C=C/C=C(/c1ccccn1)c1cc(-c2[nH]nc3ncc(-c4cncc(CN5CCCCC5)c4)cc23)[nH]c1C.CC. The van der Waals surface area contributed by atoms with Crippen molar-refractivity contribution in [3.05, 3.63) is 102 Å². The summed E-state index contributed by atoms with van der Waals surface area (Å²) >= 11 is 0. The molecule has 0 aliphatic carbocycles. The molecule has 0 spiro atoms. The number of aryl methyl sites for hydroxylation is 1. The Morgan fingerprint density at radius 2 is 1.82 bits per heavy atom.